The first-order valence-electron chi connectivity index (χ1n) is 8.45. The van der Waals surface area contributed by atoms with Crippen LogP contribution in [0.2, 0.25) is 0 Å². The molecule has 8 heteroatoms. The first kappa shape index (κ1) is 19.0. The molecule has 3 N–H and O–H groups in total. The maximum Gasteiger partial charge on any atom is 0.269 e. The van der Waals surface area contributed by atoms with Crippen LogP contribution in [0.4, 0.5) is 5.82 Å². The summed E-state index contributed by atoms with van der Waals surface area (Å²) in [5.41, 5.74) is 6.94. The van der Waals surface area contributed by atoms with E-state index in [9.17, 15) is 9.59 Å². The Hall–Kier alpha value is -3.81. The number of benzene rings is 2. The van der Waals surface area contributed by atoms with Gasteiger partial charge in [-0.2, -0.15) is 0 Å². The van der Waals surface area contributed by atoms with Crippen LogP contribution in [0.5, 0.6) is 11.5 Å². The van der Waals surface area contributed by atoms with Crippen molar-refractivity contribution < 1.29 is 19.1 Å². The molecular formula is C20H20N4O4. The Morgan fingerprint density at radius 1 is 1.07 bits per heavy atom. The summed E-state index contributed by atoms with van der Waals surface area (Å²) in [5, 5.41) is 2.64. The number of rotatable bonds is 7. The lowest BCUT2D eigenvalue weighted by atomic mass is 10.2. The van der Waals surface area contributed by atoms with E-state index in [2.05, 4.69) is 10.3 Å². The molecule has 0 aliphatic heterocycles. The monoisotopic (exact) mass is 380 g/mol. The van der Waals surface area contributed by atoms with E-state index in [0.717, 1.165) is 5.56 Å². The largest absolute Gasteiger partial charge is 0.493 e. The number of hydrogen-bond acceptors (Lipinski definition) is 5. The van der Waals surface area contributed by atoms with Gasteiger partial charge in [0.2, 0.25) is 0 Å². The molecule has 0 saturated heterocycles. The lowest BCUT2D eigenvalue weighted by Gasteiger charge is -2.10. The fraction of sp³-hybridized carbons (Fsp3) is 0.150. The second kappa shape index (κ2) is 8.26. The molecule has 144 valence electrons. The van der Waals surface area contributed by atoms with Crippen LogP contribution in [-0.2, 0) is 6.54 Å². The van der Waals surface area contributed by atoms with Crippen molar-refractivity contribution in [1.82, 2.24) is 9.55 Å². The summed E-state index contributed by atoms with van der Waals surface area (Å²) in [6.07, 6.45) is 1.47. The second-order valence-corrected chi connectivity index (χ2v) is 5.94. The predicted octanol–water partition coefficient (Wildman–Crippen LogP) is 2.30. The number of hydrogen-bond donors (Lipinski definition) is 2. The number of amides is 2. The van der Waals surface area contributed by atoms with Crippen molar-refractivity contribution in [1.29, 1.82) is 0 Å². The summed E-state index contributed by atoms with van der Waals surface area (Å²) < 4.78 is 12.0. The van der Waals surface area contributed by atoms with Gasteiger partial charge < -0.3 is 25.1 Å². The van der Waals surface area contributed by atoms with E-state index >= 15 is 0 Å². The summed E-state index contributed by atoms with van der Waals surface area (Å²) >= 11 is 0. The van der Waals surface area contributed by atoms with Crippen LogP contribution in [0.1, 0.15) is 26.4 Å². The van der Waals surface area contributed by atoms with Gasteiger partial charge in [0.25, 0.3) is 11.8 Å². The van der Waals surface area contributed by atoms with Gasteiger partial charge in [-0.15, -0.1) is 0 Å². The van der Waals surface area contributed by atoms with E-state index in [1.807, 2.05) is 30.3 Å². The fourth-order valence-electron chi connectivity index (χ4n) is 2.79. The van der Waals surface area contributed by atoms with Crippen molar-refractivity contribution in [3.63, 3.8) is 0 Å². The molecule has 1 heterocycles. The van der Waals surface area contributed by atoms with Crippen LogP contribution >= 0.6 is 0 Å². The van der Waals surface area contributed by atoms with Gasteiger partial charge in [-0.25, -0.2) is 4.98 Å². The maximum absolute atomic E-state index is 12.6. The quantitative estimate of drug-likeness (QED) is 0.654. The van der Waals surface area contributed by atoms with E-state index in [1.165, 1.54) is 20.5 Å². The number of imidazole rings is 1. The molecule has 0 bridgehead atoms. The van der Waals surface area contributed by atoms with E-state index in [4.69, 9.17) is 15.2 Å². The van der Waals surface area contributed by atoms with Gasteiger partial charge in [0, 0.05) is 12.1 Å². The molecule has 3 aromatic rings. The molecule has 0 unspecified atom stereocenters. The van der Waals surface area contributed by atoms with Crippen LogP contribution < -0.4 is 20.5 Å². The van der Waals surface area contributed by atoms with Gasteiger partial charge in [0.15, 0.2) is 23.0 Å². The Morgan fingerprint density at radius 3 is 2.43 bits per heavy atom. The molecule has 0 aliphatic rings. The zero-order chi connectivity index (χ0) is 20.1. The molecule has 0 spiro atoms. The minimum atomic E-state index is -0.684. The number of methoxy groups -OCH3 is 2. The van der Waals surface area contributed by atoms with Crippen LogP contribution in [0.3, 0.4) is 0 Å². The highest BCUT2D eigenvalue weighted by atomic mass is 16.5. The zero-order valence-corrected chi connectivity index (χ0v) is 15.5. The topological polar surface area (TPSA) is 108 Å². The Kier molecular flexibility index (Phi) is 5.59. The number of nitrogens with two attached hydrogens (primary N) is 1. The molecule has 1 aromatic heterocycles. The molecule has 2 amide bonds. The highest BCUT2D eigenvalue weighted by Gasteiger charge is 2.20. The fourth-order valence-corrected chi connectivity index (χ4v) is 2.79. The number of ether oxygens (including phenoxy) is 2. The number of nitrogens with one attached hydrogen (secondary N) is 1. The lowest BCUT2D eigenvalue weighted by Crippen LogP contribution is -2.21. The molecule has 0 atom stereocenters. The van der Waals surface area contributed by atoms with Gasteiger partial charge in [0.1, 0.15) is 0 Å². The third-order valence-electron chi connectivity index (χ3n) is 4.14. The van der Waals surface area contributed by atoms with Crippen molar-refractivity contribution in [2.24, 2.45) is 5.73 Å². The third kappa shape index (κ3) is 3.96. The zero-order valence-electron chi connectivity index (χ0n) is 15.5. The van der Waals surface area contributed by atoms with E-state index in [0.29, 0.717) is 23.6 Å². The van der Waals surface area contributed by atoms with Gasteiger partial charge >= 0.3 is 0 Å². The van der Waals surface area contributed by atoms with Crippen molar-refractivity contribution in [2.45, 2.75) is 6.54 Å². The van der Waals surface area contributed by atoms with Crippen molar-refractivity contribution >= 4 is 17.6 Å². The van der Waals surface area contributed by atoms with Crippen molar-refractivity contribution in [3.8, 4) is 11.5 Å². The molecule has 0 radical (unpaired) electrons. The third-order valence-corrected chi connectivity index (χ3v) is 4.14. The molecule has 28 heavy (non-hydrogen) atoms. The molecule has 8 nitrogen and oxygen atoms in total. The van der Waals surface area contributed by atoms with Crippen LogP contribution in [0.15, 0.2) is 54.9 Å². The summed E-state index contributed by atoms with van der Waals surface area (Å²) in [6, 6.07) is 14.3. The average molecular weight is 380 g/mol. The van der Waals surface area contributed by atoms with E-state index in [-0.39, 0.29) is 11.5 Å². The number of aromatic nitrogens is 2. The first-order valence-corrected chi connectivity index (χ1v) is 8.45. The van der Waals surface area contributed by atoms with Crippen LogP contribution in [-0.4, -0.2) is 35.6 Å². The smallest absolute Gasteiger partial charge is 0.269 e. The Labute approximate surface area is 161 Å². The van der Waals surface area contributed by atoms with Gasteiger partial charge in [-0.3, -0.25) is 9.59 Å². The van der Waals surface area contributed by atoms with Gasteiger partial charge in [0.05, 0.1) is 20.5 Å². The Bertz CT molecular complexity index is 999. The SMILES string of the molecule is COc1ccc(C(=O)Nc2ncn(Cc3ccccc3)c2C(N)=O)cc1OC. The second-order valence-electron chi connectivity index (χ2n) is 5.94. The van der Waals surface area contributed by atoms with Crippen molar-refractivity contribution in [2.75, 3.05) is 19.5 Å². The number of primary amides is 1. The van der Waals surface area contributed by atoms with E-state index in [1.54, 1.807) is 22.8 Å². The van der Waals surface area contributed by atoms with Crippen LogP contribution in [0.25, 0.3) is 0 Å². The number of carbonyl (C=O) groups is 2. The maximum atomic E-state index is 12.6. The minimum Gasteiger partial charge on any atom is -0.493 e. The summed E-state index contributed by atoms with van der Waals surface area (Å²) in [6.45, 7) is 0.401. The molecule has 0 saturated carbocycles. The number of carbonyl (C=O) groups excluding carboxylic acids is 2. The average Bonchev–Trinajstić information content (AvgIpc) is 3.10. The summed E-state index contributed by atoms with van der Waals surface area (Å²) in [7, 11) is 2.99. The summed E-state index contributed by atoms with van der Waals surface area (Å²) in [5.74, 6) is -0.114. The molecular weight excluding hydrogens is 360 g/mol. The normalized spacial score (nSPS) is 10.4. The number of nitrogens with zero attached hydrogens (tertiary/aromatic N) is 2. The minimum absolute atomic E-state index is 0.100. The van der Waals surface area contributed by atoms with Gasteiger partial charge in [-0.1, -0.05) is 30.3 Å². The molecule has 3 rings (SSSR count). The molecule has 2 aromatic carbocycles. The predicted molar refractivity (Wildman–Crippen MR) is 104 cm³/mol. The van der Waals surface area contributed by atoms with Crippen LogP contribution in [0, 0.1) is 0 Å². The highest BCUT2D eigenvalue weighted by molar-refractivity contribution is 6.07. The Morgan fingerprint density at radius 2 is 1.79 bits per heavy atom. The van der Waals surface area contributed by atoms with Crippen molar-refractivity contribution in [3.05, 3.63) is 71.7 Å². The standard InChI is InChI=1S/C20H20N4O4/c1-27-15-9-8-14(10-16(15)28-2)20(26)23-19-17(18(21)25)24(12-22-19)11-13-6-4-3-5-7-13/h3-10,12H,11H2,1-2H3,(H2,21,25)(H,23,26). The highest BCUT2D eigenvalue weighted by Crippen LogP contribution is 2.28. The number of anilines is 1. The van der Waals surface area contributed by atoms with E-state index < -0.39 is 11.8 Å². The summed E-state index contributed by atoms with van der Waals surface area (Å²) in [4.78, 5) is 28.7. The Balaban J connectivity index is 1.86. The van der Waals surface area contributed by atoms with Gasteiger partial charge in [-0.05, 0) is 23.8 Å². The first-order chi connectivity index (χ1) is 13.5. The molecule has 0 aliphatic carbocycles. The lowest BCUT2D eigenvalue weighted by molar-refractivity contribution is 0.0993. The molecule has 0 fully saturated rings.